The molecular formula is C10H19O4P. The van der Waals surface area contributed by atoms with Crippen molar-refractivity contribution in [1.29, 1.82) is 0 Å². The first-order chi connectivity index (χ1) is 6.93. The van der Waals surface area contributed by atoms with E-state index in [9.17, 15) is 0 Å². The van der Waals surface area contributed by atoms with Crippen molar-refractivity contribution < 1.29 is 18.1 Å². The molecule has 1 rings (SSSR count). The van der Waals surface area contributed by atoms with Gasteiger partial charge in [0.2, 0.25) is 0 Å². The van der Waals surface area contributed by atoms with Crippen LogP contribution in [0, 0.1) is 5.92 Å². The van der Waals surface area contributed by atoms with Crippen molar-refractivity contribution in [3.63, 3.8) is 0 Å². The molecule has 88 valence electrons. The Balaban J connectivity index is 3.14. The zero-order valence-corrected chi connectivity index (χ0v) is 10.8. The molecule has 0 unspecified atom stereocenters. The van der Waals surface area contributed by atoms with E-state index in [-0.39, 0.29) is 5.92 Å². The average Bonchev–Trinajstić information content (AvgIpc) is 2.55. The van der Waals surface area contributed by atoms with E-state index in [1.165, 1.54) is 21.3 Å². The molecule has 0 aromatic rings. The Bertz CT molecular complexity index is 294. The van der Waals surface area contributed by atoms with Crippen LogP contribution >= 0.6 is 7.51 Å². The van der Waals surface area contributed by atoms with Gasteiger partial charge >= 0.3 is 90.4 Å². The van der Waals surface area contributed by atoms with E-state index in [4.69, 9.17) is 18.1 Å². The third-order valence-electron chi connectivity index (χ3n) is 2.55. The van der Waals surface area contributed by atoms with Gasteiger partial charge in [-0.05, 0) is 0 Å². The van der Waals surface area contributed by atoms with Gasteiger partial charge in [-0.15, -0.1) is 0 Å². The summed E-state index contributed by atoms with van der Waals surface area (Å²) in [4.78, 5) is 0. The SMILES string of the molecule is C=C1C=C(C(C)C)OP1(OC)(OC)OC. The van der Waals surface area contributed by atoms with Gasteiger partial charge < -0.3 is 0 Å². The number of allylic oxidation sites excluding steroid dienone is 3. The van der Waals surface area contributed by atoms with Crippen molar-refractivity contribution in [1.82, 2.24) is 0 Å². The van der Waals surface area contributed by atoms with Gasteiger partial charge in [0.25, 0.3) is 0 Å². The molecule has 0 fully saturated rings. The van der Waals surface area contributed by atoms with Crippen LogP contribution < -0.4 is 0 Å². The maximum atomic E-state index is 5.78. The fraction of sp³-hybridized carbons (Fsp3) is 0.600. The molecule has 0 saturated carbocycles. The van der Waals surface area contributed by atoms with Gasteiger partial charge in [0, 0.05) is 0 Å². The Morgan fingerprint density at radius 3 is 1.87 bits per heavy atom. The predicted octanol–water partition coefficient (Wildman–Crippen LogP) is 3.22. The van der Waals surface area contributed by atoms with Crippen molar-refractivity contribution in [2.75, 3.05) is 21.3 Å². The third-order valence-corrected chi connectivity index (χ3v) is 6.04. The first-order valence-corrected chi connectivity index (χ1v) is 6.66. The van der Waals surface area contributed by atoms with Crippen molar-refractivity contribution in [3.8, 4) is 0 Å². The molecule has 0 amide bonds. The second-order valence-corrected chi connectivity index (χ2v) is 7.12. The van der Waals surface area contributed by atoms with Crippen LogP contribution in [-0.4, -0.2) is 21.3 Å². The fourth-order valence-electron chi connectivity index (χ4n) is 1.50. The molecule has 0 atom stereocenters. The predicted molar refractivity (Wildman–Crippen MR) is 61.1 cm³/mol. The van der Waals surface area contributed by atoms with Gasteiger partial charge in [0.05, 0.1) is 0 Å². The Morgan fingerprint density at radius 1 is 1.20 bits per heavy atom. The van der Waals surface area contributed by atoms with E-state index in [1.54, 1.807) is 0 Å². The van der Waals surface area contributed by atoms with E-state index in [0.29, 0.717) is 5.31 Å². The van der Waals surface area contributed by atoms with E-state index < -0.39 is 7.51 Å². The normalized spacial score (nSPS) is 25.6. The molecule has 0 aromatic carbocycles. The Morgan fingerprint density at radius 2 is 1.67 bits per heavy atom. The first-order valence-electron chi connectivity index (χ1n) is 4.76. The summed E-state index contributed by atoms with van der Waals surface area (Å²) < 4.78 is 22.0. The minimum atomic E-state index is -3.60. The van der Waals surface area contributed by atoms with E-state index in [0.717, 1.165) is 5.76 Å². The summed E-state index contributed by atoms with van der Waals surface area (Å²) in [7, 11) is 0.925. The van der Waals surface area contributed by atoms with E-state index >= 15 is 0 Å². The van der Waals surface area contributed by atoms with Crippen LogP contribution in [0.4, 0.5) is 0 Å². The minimum absolute atomic E-state index is 0.242. The summed E-state index contributed by atoms with van der Waals surface area (Å²) in [6.45, 7) is 7.96. The van der Waals surface area contributed by atoms with Crippen LogP contribution in [0.1, 0.15) is 13.8 Å². The molecular weight excluding hydrogens is 215 g/mol. The van der Waals surface area contributed by atoms with E-state index in [1.807, 2.05) is 19.9 Å². The second kappa shape index (κ2) is 3.87. The summed E-state index contributed by atoms with van der Waals surface area (Å²) >= 11 is 0. The van der Waals surface area contributed by atoms with Crippen molar-refractivity contribution >= 4 is 7.51 Å². The number of rotatable bonds is 4. The van der Waals surface area contributed by atoms with Gasteiger partial charge in [-0.1, -0.05) is 0 Å². The third kappa shape index (κ3) is 1.62. The average molecular weight is 234 g/mol. The molecule has 0 bridgehead atoms. The van der Waals surface area contributed by atoms with Gasteiger partial charge in [0.15, 0.2) is 0 Å². The van der Waals surface area contributed by atoms with Crippen LogP contribution in [0.5, 0.6) is 0 Å². The van der Waals surface area contributed by atoms with Crippen LogP contribution in [0.15, 0.2) is 23.7 Å². The molecule has 15 heavy (non-hydrogen) atoms. The summed E-state index contributed by atoms with van der Waals surface area (Å²) in [5.41, 5.74) is 0. The molecule has 5 heteroatoms. The molecule has 0 aliphatic carbocycles. The second-order valence-electron chi connectivity index (χ2n) is 3.64. The number of hydrogen-bond acceptors (Lipinski definition) is 4. The molecule has 4 nitrogen and oxygen atoms in total. The standard InChI is InChI=1S/C10H19O4P/c1-8(2)10-7-9(3)15(11-4,12-5,13-6)14-10/h7-8H,3H2,1-2,4-6H3. The van der Waals surface area contributed by atoms with Crippen LogP contribution in [0.25, 0.3) is 0 Å². The Labute approximate surface area is 91.1 Å². The van der Waals surface area contributed by atoms with Crippen LogP contribution in [0.3, 0.4) is 0 Å². The van der Waals surface area contributed by atoms with Crippen molar-refractivity contribution in [3.05, 3.63) is 23.7 Å². The quantitative estimate of drug-likeness (QED) is 0.700. The fourth-order valence-corrected chi connectivity index (χ4v) is 3.95. The van der Waals surface area contributed by atoms with Crippen LogP contribution in [-0.2, 0) is 18.1 Å². The van der Waals surface area contributed by atoms with Gasteiger partial charge in [-0.25, -0.2) is 0 Å². The van der Waals surface area contributed by atoms with Crippen molar-refractivity contribution in [2.24, 2.45) is 5.92 Å². The molecule has 0 saturated heterocycles. The van der Waals surface area contributed by atoms with Crippen molar-refractivity contribution in [2.45, 2.75) is 13.8 Å². The molecule has 1 aliphatic heterocycles. The summed E-state index contributed by atoms with van der Waals surface area (Å²) in [5, 5.41) is 0.622. The molecule has 0 N–H and O–H groups in total. The molecule has 1 heterocycles. The summed E-state index contributed by atoms with van der Waals surface area (Å²) in [6, 6.07) is 0. The van der Waals surface area contributed by atoms with Crippen LogP contribution in [0.2, 0.25) is 0 Å². The monoisotopic (exact) mass is 234 g/mol. The van der Waals surface area contributed by atoms with Gasteiger partial charge in [-0.3, -0.25) is 0 Å². The zero-order valence-electron chi connectivity index (χ0n) is 9.94. The summed E-state index contributed by atoms with van der Waals surface area (Å²) in [5.74, 6) is 1.02. The zero-order chi connectivity index (χ0) is 11.7. The molecule has 0 radical (unpaired) electrons. The molecule has 0 aromatic heterocycles. The van der Waals surface area contributed by atoms with E-state index in [2.05, 4.69) is 6.58 Å². The van der Waals surface area contributed by atoms with Gasteiger partial charge in [0.1, 0.15) is 0 Å². The first kappa shape index (κ1) is 12.7. The van der Waals surface area contributed by atoms with Gasteiger partial charge in [-0.2, -0.15) is 0 Å². The Kier molecular flexibility index (Phi) is 3.27. The molecule has 1 aliphatic rings. The topological polar surface area (TPSA) is 36.9 Å². The molecule has 0 spiro atoms. The summed E-state index contributed by atoms with van der Waals surface area (Å²) in [6.07, 6.45) is 1.83. The maximum absolute atomic E-state index is 5.78. The number of hydrogen-bond donors (Lipinski definition) is 0. The Hall–Kier alpha value is -0.410.